The molecule has 0 atom stereocenters. The minimum absolute atomic E-state index is 0.00417. The lowest BCUT2D eigenvalue weighted by Gasteiger charge is -2.19. The summed E-state index contributed by atoms with van der Waals surface area (Å²) in [6, 6.07) is 11.4. The third-order valence-electron chi connectivity index (χ3n) is 3.59. The van der Waals surface area contributed by atoms with Crippen LogP contribution in [0.4, 0.5) is 5.69 Å². The molecule has 1 aliphatic heterocycles. The van der Waals surface area contributed by atoms with Gasteiger partial charge in [0.2, 0.25) is 15.9 Å². The van der Waals surface area contributed by atoms with Gasteiger partial charge < -0.3 is 14.8 Å². The zero-order valence-corrected chi connectivity index (χ0v) is 16.1. The van der Waals surface area contributed by atoms with E-state index in [2.05, 4.69) is 26.0 Å². The zero-order valence-electron chi connectivity index (χ0n) is 13.7. The molecule has 0 aromatic heterocycles. The normalized spacial score (nSPS) is 13.3. The second kappa shape index (κ2) is 8.07. The van der Waals surface area contributed by atoms with Gasteiger partial charge in [-0.25, -0.2) is 13.1 Å². The molecule has 0 unspecified atom stereocenters. The summed E-state index contributed by atoms with van der Waals surface area (Å²) < 4.78 is 38.4. The Hall–Kier alpha value is -2.10. The van der Waals surface area contributed by atoms with Gasteiger partial charge in [-0.1, -0.05) is 15.9 Å². The molecule has 2 N–H and O–H groups in total. The van der Waals surface area contributed by atoms with Gasteiger partial charge in [0.1, 0.15) is 13.2 Å². The molecule has 1 heterocycles. The molecular formula is C17H17BrN2O5S. The van der Waals surface area contributed by atoms with Crippen molar-refractivity contribution in [3.63, 3.8) is 0 Å². The number of benzene rings is 2. The first-order valence-electron chi connectivity index (χ1n) is 7.89. The highest BCUT2D eigenvalue weighted by molar-refractivity contribution is 9.10. The van der Waals surface area contributed by atoms with Crippen molar-refractivity contribution in [2.24, 2.45) is 0 Å². The van der Waals surface area contributed by atoms with Crippen LogP contribution in [0, 0.1) is 0 Å². The van der Waals surface area contributed by atoms with E-state index in [1.807, 2.05) is 0 Å². The molecule has 7 nitrogen and oxygen atoms in total. The standard InChI is InChI=1S/C17H17BrN2O5S/c18-12-1-4-14(5-2-12)26(22,23)19-8-7-17(21)20-13-3-6-15-16(11-13)25-10-9-24-15/h1-6,11,19H,7-10H2,(H,20,21). The van der Waals surface area contributed by atoms with Gasteiger partial charge in [0, 0.05) is 29.2 Å². The van der Waals surface area contributed by atoms with Gasteiger partial charge in [0.25, 0.3) is 0 Å². The summed E-state index contributed by atoms with van der Waals surface area (Å²) in [7, 11) is -3.65. The molecule has 0 radical (unpaired) electrons. The van der Waals surface area contributed by atoms with E-state index >= 15 is 0 Å². The van der Waals surface area contributed by atoms with E-state index in [4.69, 9.17) is 9.47 Å². The van der Waals surface area contributed by atoms with Crippen molar-refractivity contribution in [3.8, 4) is 11.5 Å². The first-order chi connectivity index (χ1) is 12.4. The minimum atomic E-state index is -3.65. The first kappa shape index (κ1) is 18.7. The molecule has 3 rings (SSSR count). The number of amides is 1. The summed E-state index contributed by atoms with van der Waals surface area (Å²) in [4.78, 5) is 12.2. The minimum Gasteiger partial charge on any atom is -0.486 e. The van der Waals surface area contributed by atoms with E-state index in [0.29, 0.717) is 30.4 Å². The van der Waals surface area contributed by atoms with Crippen LogP contribution < -0.4 is 19.5 Å². The van der Waals surface area contributed by atoms with Gasteiger partial charge in [0.15, 0.2) is 11.5 Å². The van der Waals surface area contributed by atoms with Crippen LogP contribution in [0.25, 0.3) is 0 Å². The van der Waals surface area contributed by atoms with E-state index in [1.165, 1.54) is 12.1 Å². The number of ether oxygens (including phenoxy) is 2. The van der Waals surface area contributed by atoms with Gasteiger partial charge in [0.05, 0.1) is 4.90 Å². The van der Waals surface area contributed by atoms with E-state index in [1.54, 1.807) is 30.3 Å². The predicted octanol–water partition coefficient (Wildman–Crippen LogP) is 2.53. The van der Waals surface area contributed by atoms with Crippen molar-refractivity contribution in [2.45, 2.75) is 11.3 Å². The molecule has 0 spiro atoms. The SMILES string of the molecule is O=C(CCNS(=O)(=O)c1ccc(Br)cc1)Nc1ccc2c(c1)OCCO2. The first-order valence-corrected chi connectivity index (χ1v) is 10.2. The van der Waals surface area contributed by atoms with Crippen molar-refractivity contribution in [1.82, 2.24) is 4.72 Å². The number of sulfonamides is 1. The summed E-state index contributed by atoms with van der Waals surface area (Å²) in [5.41, 5.74) is 0.565. The van der Waals surface area contributed by atoms with Gasteiger partial charge in [-0.15, -0.1) is 0 Å². The number of fused-ring (bicyclic) bond motifs is 1. The number of carbonyl (C=O) groups is 1. The number of halogens is 1. The Morgan fingerprint density at radius 2 is 1.73 bits per heavy atom. The van der Waals surface area contributed by atoms with Crippen molar-refractivity contribution in [1.29, 1.82) is 0 Å². The molecule has 1 aliphatic rings. The maximum atomic E-state index is 12.2. The molecule has 26 heavy (non-hydrogen) atoms. The quantitative estimate of drug-likeness (QED) is 0.719. The Labute approximate surface area is 159 Å². The highest BCUT2D eigenvalue weighted by Gasteiger charge is 2.15. The van der Waals surface area contributed by atoms with Crippen LogP contribution in [0.5, 0.6) is 11.5 Å². The van der Waals surface area contributed by atoms with E-state index in [-0.39, 0.29) is 23.8 Å². The third-order valence-corrected chi connectivity index (χ3v) is 5.60. The molecule has 0 saturated carbocycles. The lowest BCUT2D eigenvalue weighted by Crippen LogP contribution is -2.27. The zero-order chi connectivity index (χ0) is 18.6. The van der Waals surface area contributed by atoms with E-state index < -0.39 is 10.0 Å². The third kappa shape index (κ3) is 4.75. The van der Waals surface area contributed by atoms with Crippen LogP contribution in [0.15, 0.2) is 51.8 Å². The van der Waals surface area contributed by atoms with Crippen molar-refractivity contribution < 1.29 is 22.7 Å². The number of anilines is 1. The van der Waals surface area contributed by atoms with Crippen molar-refractivity contribution in [2.75, 3.05) is 25.1 Å². The van der Waals surface area contributed by atoms with Crippen LogP contribution in [0.3, 0.4) is 0 Å². The molecule has 0 fully saturated rings. The summed E-state index contributed by atoms with van der Waals surface area (Å²) in [5.74, 6) is 0.904. The smallest absolute Gasteiger partial charge is 0.240 e. The molecular weight excluding hydrogens is 424 g/mol. The summed E-state index contributed by atoms with van der Waals surface area (Å²) in [6.07, 6.45) is 0.00417. The summed E-state index contributed by atoms with van der Waals surface area (Å²) >= 11 is 3.25. The molecule has 0 aliphatic carbocycles. The summed E-state index contributed by atoms with van der Waals surface area (Å²) in [5, 5.41) is 2.71. The Balaban J connectivity index is 1.52. The van der Waals surface area contributed by atoms with Crippen LogP contribution in [-0.2, 0) is 14.8 Å². The fraction of sp³-hybridized carbons (Fsp3) is 0.235. The van der Waals surface area contributed by atoms with Gasteiger partial charge in [-0.2, -0.15) is 0 Å². The van der Waals surface area contributed by atoms with Crippen molar-refractivity contribution >= 4 is 37.5 Å². The maximum Gasteiger partial charge on any atom is 0.240 e. The molecule has 138 valence electrons. The van der Waals surface area contributed by atoms with Crippen LogP contribution in [0.1, 0.15) is 6.42 Å². The monoisotopic (exact) mass is 440 g/mol. The van der Waals surface area contributed by atoms with Crippen LogP contribution in [-0.4, -0.2) is 34.1 Å². The Morgan fingerprint density at radius 1 is 1.04 bits per heavy atom. The van der Waals surface area contributed by atoms with E-state index in [9.17, 15) is 13.2 Å². The molecule has 1 amide bonds. The largest absolute Gasteiger partial charge is 0.486 e. The average Bonchev–Trinajstić information content (AvgIpc) is 2.62. The number of hydrogen-bond donors (Lipinski definition) is 2. The fourth-order valence-corrected chi connectivity index (χ4v) is 3.64. The molecule has 9 heteroatoms. The number of nitrogens with one attached hydrogen (secondary N) is 2. The second-order valence-electron chi connectivity index (χ2n) is 5.51. The Morgan fingerprint density at radius 3 is 2.46 bits per heavy atom. The molecule has 0 bridgehead atoms. The van der Waals surface area contributed by atoms with Crippen LogP contribution >= 0.6 is 15.9 Å². The second-order valence-corrected chi connectivity index (χ2v) is 8.19. The Kier molecular flexibility index (Phi) is 5.80. The molecule has 2 aromatic rings. The highest BCUT2D eigenvalue weighted by Crippen LogP contribution is 2.32. The van der Waals surface area contributed by atoms with Gasteiger partial charge in [-0.3, -0.25) is 4.79 Å². The number of carbonyl (C=O) groups excluding carboxylic acids is 1. The summed E-state index contributed by atoms with van der Waals surface area (Å²) in [6.45, 7) is 0.953. The predicted molar refractivity (Wildman–Crippen MR) is 100 cm³/mol. The highest BCUT2D eigenvalue weighted by atomic mass is 79.9. The van der Waals surface area contributed by atoms with Gasteiger partial charge in [-0.05, 0) is 36.4 Å². The Bertz CT molecular complexity index is 900. The average molecular weight is 441 g/mol. The topological polar surface area (TPSA) is 93.7 Å². The maximum absolute atomic E-state index is 12.2. The van der Waals surface area contributed by atoms with Crippen LogP contribution in [0.2, 0.25) is 0 Å². The fourth-order valence-electron chi connectivity index (χ4n) is 2.34. The lowest BCUT2D eigenvalue weighted by molar-refractivity contribution is -0.116. The number of hydrogen-bond acceptors (Lipinski definition) is 5. The van der Waals surface area contributed by atoms with E-state index in [0.717, 1.165) is 4.47 Å². The van der Waals surface area contributed by atoms with Crippen molar-refractivity contribution in [3.05, 3.63) is 46.9 Å². The lowest BCUT2D eigenvalue weighted by atomic mass is 10.2. The molecule has 0 saturated heterocycles. The number of rotatable bonds is 6. The van der Waals surface area contributed by atoms with Gasteiger partial charge >= 0.3 is 0 Å². The molecule has 2 aromatic carbocycles.